The molecular weight excluding hydrogens is 273 g/mol. The summed E-state index contributed by atoms with van der Waals surface area (Å²) in [5.41, 5.74) is 0.595. The quantitative estimate of drug-likeness (QED) is 0.890. The van der Waals surface area contributed by atoms with Gasteiger partial charge in [-0.15, -0.1) is 0 Å². The standard InChI is InChI=1S/C15H18FN3O2/c1-3-13(21-14-8-6-5-7-12(14)16)15(20)18-11-9-17-19(4-2)10-11/h5-10,13H,3-4H2,1-2H3,(H,18,20). The number of rotatable bonds is 6. The van der Waals surface area contributed by atoms with Crippen LogP contribution >= 0.6 is 0 Å². The minimum Gasteiger partial charge on any atom is -0.478 e. The average molecular weight is 291 g/mol. The van der Waals surface area contributed by atoms with E-state index < -0.39 is 11.9 Å². The summed E-state index contributed by atoms with van der Waals surface area (Å²) in [6.07, 6.45) is 2.97. The molecule has 5 nitrogen and oxygen atoms in total. The van der Waals surface area contributed by atoms with Gasteiger partial charge >= 0.3 is 0 Å². The highest BCUT2D eigenvalue weighted by Gasteiger charge is 2.20. The maximum atomic E-state index is 13.6. The van der Waals surface area contributed by atoms with Crippen molar-refractivity contribution in [3.05, 3.63) is 42.5 Å². The molecular formula is C15H18FN3O2. The fourth-order valence-electron chi connectivity index (χ4n) is 1.84. The molecule has 0 fully saturated rings. The highest BCUT2D eigenvalue weighted by molar-refractivity contribution is 5.94. The summed E-state index contributed by atoms with van der Waals surface area (Å²) in [7, 11) is 0. The Morgan fingerprint density at radius 1 is 1.43 bits per heavy atom. The van der Waals surface area contributed by atoms with E-state index in [1.165, 1.54) is 12.1 Å². The first-order valence-electron chi connectivity index (χ1n) is 6.88. The van der Waals surface area contributed by atoms with E-state index >= 15 is 0 Å². The van der Waals surface area contributed by atoms with Gasteiger partial charge in [0, 0.05) is 12.7 Å². The molecule has 1 N–H and O–H groups in total. The lowest BCUT2D eigenvalue weighted by Crippen LogP contribution is -2.32. The summed E-state index contributed by atoms with van der Waals surface area (Å²) < 4.78 is 20.7. The van der Waals surface area contributed by atoms with Crippen LogP contribution in [0, 0.1) is 5.82 Å². The zero-order valence-corrected chi connectivity index (χ0v) is 12.0. The number of benzene rings is 1. The lowest BCUT2D eigenvalue weighted by molar-refractivity contribution is -0.122. The first-order chi connectivity index (χ1) is 10.1. The Morgan fingerprint density at radius 3 is 2.81 bits per heavy atom. The van der Waals surface area contributed by atoms with E-state index in [9.17, 15) is 9.18 Å². The summed E-state index contributed by atoms with van der Waals surface area (Å²) in [5.74, 6) is -0.734. The summed E-state index contributed by atoms with van der Waals surface area (Å²) in [4.78, 5) is 12.2. The minimum absolute atomic E-state index is 0.0729. The molecule has 1 atom stereocenters. The highest BCUT2D eigenvalue weighted by atomic mass is 19.1. The maximum Gasteiger partial charge on any atom is 0.265 e. The van der Waals surface area contributed by atoms with Crippen molar-refractivity contribution in [2.75, 3.05) is 5.32 Å². The average Bonchev–Trinajstić information content (AvgIpc) is 2.94. The predicted octanol–water partition coefficient (Wildman–Crippen LogP) is 2.84. The number of anilines is 1. The van der Waals surface area contributed by atoms with Crippen LogP contribution < -0.4 is 10.1 Å². The van der Waals surface area contributed by atoms with Crippen molar-refractivity contribution in [1.82, 2.24) is 9.78 Å². The van der Waals surface area contributed by atoms with Crippen LogP contribution in [0.1, 0.15) is 20.3 Å². The molecule has 0 aliphatic heterocycles. The summed E-state index contributed by atoms with van der Waals surface area (Å²) >= 11 is 0. The van der Waals surface area contributed by atoms with Gasteiger partial charge in [-0.1, -0.05) is 19.1 Å². The van der Waals surface area contributed by atoms with Crippen LogP contribution in [0.25, 0.3) is 0 Å². The van der Waals surface area contributed by atoms with Crippen molar-refractivity contribution in [3.63, 3.8) is 0 Å². The van der Waals surface area contributed by atoms with E-state index in [2.05, 4.69) is 10.4 Å². The van der Waals surface area contributed by atoms with Crippen molar-refractivity contribution in [2.24, 2.45) is 0 Å². The van der Waals surface area contributed by atoms with Crippen molar-refractivity contribution in [3.8, 4) is 5.75 Å². The van der Waals surface area contributed by atoms with Crippen LogP contribution in [0.4, 0.5) is 10.1 Å². The fraction of sp³-hybridized carbons (Fsp3) is 0.333. The number of carbonyl (C=O) groups is 1. The van der Waals surface area contributed by atoms with Gasteiger partial charge in [-0.3, -0.25) is 9.48 Å². The molecule has 0 spiro atoms. The molecule has 1 amide bonds. The third-order valence-electron chi connectivity index (χ3n) is 2.99. The zero-order chi connectivity index (χ0) is 15.2. The Balaban J connectivity index is 2.03. The van der Waals surface area contributed by atoms with Gasteiger partial charge < -0.3 is 10.1 Å². The van der Waals surface area contributed by atoms with Crippen LogP contribution in [-0.4, -0.2) is 21.8 Å². The molecule has 0 aliphatic carbocycles. The maximum absolute atomic E-state index is 13.6. The number of nitrogens with one attached hydrogen (secondary N) is 1. The molecule has 0 saturated carbocycles. The van der Waals surface area contributed by atoms with Gasteiger partial charge in [-0.05, 0) is 25.5 Å². The second kappa shape index (κ2) is 6.88. The summed E-state index contributed by atoms with van der Waals surface area (Å²) in [5, 5.41) is 6.79. The third kappa shape index (κ3) is 3.81. The number of aryl methyl sites for hydroxylation is 1. The lowest BCUT2D eigenvalue weighted by Gasteiger charge is -2.17. The van der Waals surface area contributed by atoms with Crippen LogP contribution in [-0.2, 0) is 11.3 Å². The lowest BCUT2D eigenvalue weighted by atomic mass is 10.2. The molecule has 0 aliphatic rings. The number of nitrogens with zero attached hydrogens (tertiary/aromatic N) is 2. The second-order valence-electron chi connectivity index (χ2n) is 4.52. The number of halogens is 1. The molecule has 0 saturated heterocycles. The van der Waals surface area contributed by atoms with E-state index in [0.717, 1.165) is 6.54 Å². The molecule has 0 bridgehead atoms. The molecule has 6 heteroatoms. The summed E-state index contributed by atoms with van der Waals surface area (Å²) in [6.45, 7) is 4.48. The molecule has 21 heavy (non-hydrogen) atoms. The summed E-state index contributed by atoms with van der Waals surface area (Å²) in [6, 6.07) is 6.03. The van der Waals surface area contributed by atoms with Crippen molar-refractivity contribution < 1.29 is 13.9 Å². The Morgan fingerprint density at radius 2 is 2.19 bits per heavy atom. The fourth-order valence-corrected chi connectivity index (χ4v) is 1.84. The van der Waals surface area contributed by atoms with E-state index in [-0.39, 0.29) is 11.7 Å². The van der Waals surface area contributed by atoms with Crippen LogP contribution in [0.5, 0.6) is 5.75 Å². The Labute approximate surface area is 122 Å². The molecule has 1 unspecified atom stereocenters. The minimum atomic E-state index is -0.758. The van der Waals surface area contributed by atoms with Gasteiger partial charge in [-0.2, -0.15) is 5.10 Å². The predicted molar refractivity (Wildman–Crippen MR) is 77.6 cm³/mol. The van der Waals surface area contributed by atoms with Crippen molar-refractivity contribution in [1.29, 1.82) is 0 Å². The Kier molecular flexibility index (Phi) is 4.92. The van der Waals surface area contributed by atoms with E-state index in [4.69, 9.17) is 4.74 Å². The molecule has 1 aromatic carbocycles. The first-order valence-corrected chi connectivity index (χ1v) is 6.88. The van der Waals surface area contributed by atoms with E-state index in [0.29, 0.717) is 12.1 Å². The van der Waals surface area contributed by atoms with E-state index in [1.807, 2.05) is 6.92 Å². The number of ether oxygens (including phenoxy) is 1. The smallest absolute Gasteiger partial charge is 0.265 e. The first kappa shape index (κ1) is 15.0. The zero-order valence-electron chi connectivity index (χ0n) is 12.0. The molecule has 112 valence electrons. The van der Waals surface area contributed by atoms with Gasteiger partial charge in [0.05, 0.1) is 11.9 Å². The largest absolute Gasteiger partial charge is 0.478 e. The van der Waals surface area contributed by atoms with Crippen LogP contribution in [0.3, 0.4) is 0 Å². The third-order valence-corrected chi connectivity index (χ3v) is 2.99. The topological polar surface area (TPSA) is 56.1 Å². The molecule has 1 aromatic heterocycles. The Hall–Kier alpha value is -2.37. The normalized spacial score (nSPS) is 12.0. The van der Waals surface area contributed by atoms with Gasteiger partial charge in [0.15, 0.2) is 17.7 Å². The monoisotopic (exact) mass is 291 g/mol. The van der Waals surface area contributed by atoms with Gasteiger partial charge in [-0.25, -0.2) is 4.39 Å². The number of para-hydroxylation sites is 1. The van der Waals surface area contributed by atoms with Crippen LogP contribution in [0.2, 0.25) is 0 Å². The number of hydrogen-bond donors (Lipinski definition) is 1. The molecule has 2 aromatic rings. The Bertz CT molecular complexity index is 612. The van der Waals surface area contributed by atoms with Gasteiger partial charge in [0.25, 0.3) is 5.91 Å². The number of hydrogen-bond acceptors (Lipinski definition) is 3. The highest BCUT2D eigenvalue weighted by Crippen LogP contribution is 2.18. The van der Waals surface area contributed by atoms with Crippen molar-refractivity contribution in [2.45, 2.75) is 32.9 Å². The van der Waals surface area contributed by atoms with E-state index in [1.54, 1.807) is 36.1 Å². The number of carbonyl (C=O) groups excluding carboxylic acids is 1. The second-order valence-corrected chi connectivity index (χ2v) is 4.52. The number of amides is 1. The van der Waals surface area contributed by atoms with Gasteiger partial charge in [0.1, 0.15) is 0 Å². The molecule has 2 rings (SSSR count). The number of aromatic nitrogens is 2. The molecule has 1 heterocycles. The van der Waals surface area contributed by atoms with Crippen molar-refractivity contribution >= 4 is 11.6 Å². The van der Waals surface area contributed by atoms with Crippen LogP contribution in [0.15, 0.2) is 36.7 Å². The van der Waals surface area contributed by atoms with Gasteiger partial charge in [0.2, 0.25) is 0 Å². The SMILES string of the molecule is CCC(Oc1ccccc1F)C(=O)Nc1cnn(CC)c1. The molecule has 0 radical (unpaired) electrons.